The number of hydrogen-bond acceptors (Lipinski definition) is 6. The molecule has 0 atom stereocenters. The van der Waals surface area contributed by atoms with Crippen LogP contribution < -0.4 is 14.4 Å². The first kappa shape index (κ1) is 18.6. The van der Waals surface area contributed by atoms with Gasteiger partial charge in [0.05, 0.1) is 11.1 Å². The van der Waals surface area contributed by atoms with E-state index in [9.17, 15) is 4.79 Å². The van der Waals surface area contributed by atoms with Crippen LogP contribution in [0.3, 0.4) is 0 Å². The van der Waals surface area contributed by atoms with Crippen LogP contribution in [0.15, 0.2) is 54.7 Å². The van der Waals surface area contributed by atoms with E-state index in [1.165, 1.54) is 0 Å². The summed E-state index contributed by atoms with van der Waals surface area (Å²) in [6, 6.07) is 15.6. The highest BCUT2D eigenvalue weighted by atomic mass is 16.7. The molecule has 1 aliphatic heterocycles. The van der Waals surface area contributed by atoms with Crippen molar-refractivity contribution < 1.29 is 14.3 Å². The maximum Gasteiger partial charge on any atom is 0.231 e. The van der Waals surface area contributed by atoms with Gasteiger partial charge in [-0.15, -0.1) is 0 Å². The summed E-state index contributed by atoms with van der Waals surface area (Å²) in [5, 5.41) is 0. The Bertz CT molecular complexity index is 1100. The summed E-state index contributed by atoms with van der Waals surface area (Å²) in [6.45, 7) is 0.237. The van der Waals surface area contributed by atoms with Gasteiger partial charge in [-0.1, -0.05) is 12.1 Å². The number of aromatic nitrogens is 2. The van der Waals surface area contributed by atoms with Crippen molar-refractivity contribution in [2.24, 2.45) is 0 Å². The van der Waals surface area contributed by atoms with Crippen LogP contribution in [-0.2, 0) is 16.6 Å². The molecule has 1 aliphatic carbocycles. The molecule has 3 aromatic rings. The third kappa shape index (κ3) is 3.28. The zero-order valence-corrected chi connectivity index (χ0v) is 17.1. The van der Waals surface area contributed by atoms with E-state index in [0.29, 0.717) is 6.42 Å². The van der Waals surface area contributed by atoms with Gasteiger partial charge < -0.3 is 14.4 Å². The zero-order chi connectivity index (χ0) is 20.7. The molecule has 0 unspecified atom stereocenters. The maximum atomic E-state index is 13.2. The SMILES string of the molecule is CN(C)c1ccc(-c2cccc(CC(=O)C3(c4ccc5c(c4)OCO5)CC3)n2)cn1. The Morgan fingerprint density at radius 2 is 1.90 bits per heavy atom. The number of anilines is 1. The number of rotatable bonds is 6. The average molecular weight is 401 g/mol. The Kier molecular flexibility index (Phi) is 4.42. The summed E-state index contributed by atoms with van der Waals surface area (Å²) in [7, 11) is 3.92. The van der Waals surface area contributed by atoms with Crippen molar-refractivity contribution >= 4 is 11.6 Å². The molecular formula is C24H23N3O3. The predicted molar refractivity (Wildman–Crippen MR) is 114 cm³/mol. The first-order valence-corrected chi connectivity index (χ1v) is 10.1. The zero-order valence-electron chi connectivity index (χ0n) is 17.1. The van der Waals surface area contributed by atoms with E-state index in [0.717, 1.165) is 52.7 Å². The molecule has 0 N–H and O–H groups in total. The minimum atomic E-state index is -0.423. The van der Waals surface area contributed by atoms with Crippen molar-refractivity contribution in [3.8, 4) is 22.8 Å². The van der Waals surface area contributed by atoms with Gasteiger partial charge in [-0.05, 0) is 54.8 Å². The Hall–Kier alpha value is -3.41. The second kappa shape index (κ2) is 7.13. The monoisotopic (exact) mass is 401 g/mol. The summed E-state index contributed by atoms with van der Waals surface area (Å²) in [5.74, 6) is 2.56. The minimum Gasteiger partial charge on any atom is -0.454 e. The van der Waals surface area contributed by atoms with E-state index >= 15 is 0 Å². The van der Waals surface area contributed by atoms with Gasteiger partial charge in [-0.3, -0.25) is 9.78 Å². The molecule has 0 amide bonds. The molecule has 1 aromatic carbocycles. The van der Waals surface area contributed by atoms with Crippen molar-refractivity contribution in [3.63, 3.8) is 0 Å². The second-order valence-corrected chi connectivity index (χ2v) is 8.06. The molecule has 0 bridgehead atoms. The van der Waals surface area contributed by atoms with Gasteiger partial charge >= 0.3 is 0 Å². The lowest BCUT2D eigenvalue weighted by molar-refractivity contribution is -0.120. The van der Waals surface area contributed by atoms with E-state index in [2.05, 4.69) is 4.98 Å². The lowest BCUT2D eigenvalue weighted by Crippen LogP contribution is -2.23. The summed E-state index contributed by atoms with van der Waals surface area (Å²) in [5.41, 5.74) is 3.13. The van der Waals surface area contributed by atoms with Crippen LogP contribution in [0.1, 0.15) is 24.1 Å². The van der Waals surface area contributed by atoms with Gasteiger partial charge in [-0.2, -0.15) is 0 Å². The fourth-order valence-corrected chi connectivity index (χ4v) is 3.92. The molecule has 0 saturated heterocycles. The lowest BCUT2D eigenvalue weighted by atomic mass is 9.88. The third-order valence-electron chi connectivity index (χ3n) is 5.86. The highest BCUT2D eigenvalue weighted by molar-refractivity contribution is 5.94. The molecule has 5 rings (SSSR count). The van der Waals surface area contributed by atoms with E-state index in [1.807, 2.05) is 73.7 Å². The van der Waals surface area contributed by atoms with E-state index < -0.39 is 5.41 Å². The fraction of sp³-hybridized carbons (Fsp3) is 0.292. The number of Topliss-reactive ketones (excluding diaryl/α,β-unsaturated/α-hetero) is 1. The number of nitrogens with zero attached hydrogens (tertiary/aromatic N) is 3. The topological polar surface area (TPSA) is 64.6 Å². The first-order valence-electron chi connectivity index (χ1n) is 10.1. The van der Waals surface area contributed by atoms with Gasteiger partial charge in [0, 0.05) is 38.0 Å². The summed E-state index contributed by atoms with van der Waals surface area (Å²) < 4.78 is 10.9. The molecule has 1 fully saturated rings. The Morgan fingerprint density at radius 3 is 2.63 bits per heavy atom. The van der Waals surface area contributed by atoms with E-state index in [4.69, 9.17) is 14.5 Å². The van der Waals surface area contributed by atoms with Crippen LogP contribution in [0.2, 0.25) is 0 Å². The molecule has 30 heavy (non-hydrogen) atoms. The Morgan fingerprint density at radius 1 is 1.07 bits per heavy atom. The molecule has 3 heterocycles. The normalized spacial score (nSPS) is 15.7. The molecular weight excluding hydrogens is 378 g/mol. The van der Waals surface area contributed by atoms with Gasteiger partial charge in [0.1, 0.15) is 11.6 Å². The molecule has 2 aliphatic rings. The van der Waals surface area contributed by atoms with Gasteiger partial charge in [0.2, 0.25) is 6.79 Å². The van der Waals surface area contributed by atoms with Crippen LogP contribution in [0.5, 0.6) is 11.5 Å². The van der Waals surface area contributed by atoms with Crippen LogP contribution in [0.25, 0.3) is 11.3 Å². The van der Waals surface area contributed by atoms with Crippen LogP contribution in [0, 0.1) is 0 Å². The number of carbonyl (C=O) groups is 1. The number of benzene rings is 1. The Labute approximate surface area is 175 Å². The quantitative estimate of drug-likeness (QED) is 0.626. The number of carbonyl (C=O) groups excluding carboxylic acids is 1. The lowest BCUT2D eigenvalue weighted by Gasteiger charge is -2.15. The molecule has 6 nitrogen and oxygen atoms in total. The number of hydrogen-bond donors (Lipinski definition) is 0. The number of pyridine rings is 2. The van der Waals surface area contributed by atoms with Crippen molar-refractivity contribution in [3.05, 3.63) is 66.0 Å². The average Bonchev–Trinajstić information content (AvgIpc) is 3.45. The van der Waals surface area contributed by atoms with Gasteiger partial charge in [0.15, 0.2) is 11.5 Å². The number of ether oxygens (including phenoxy) is 2. The fourth-order valence-electron chi connectivity index (χ4n) is 3.92. The van der Waals surface area contributed by atoms with Gasteiger partial charge in [-0.25, -0.2) is 4.98 Å². The van der Waals surface area contributed by atoms with Crippen molar-refractivity contribution in [2.75, 3.05) is 25.8 Å². The largest absolute Gasteiger partial charge is 0.454 e. The summed E-state index contributed by atoms with van der Waals surface area (Å²) >= 11 is 0. The molecule has 0 spiro atoms. The standard InChI is InChI=1S/C24H23N3O3/c1-27(2)23-9-6-16(14-25-23)19-5-3-4-18(26-19)13-22(28)24(10-11-24)17-7-8-20-21(12-17)30-15-29-20/h3-9,12,14H,10-11,13,15H2,1-2H3. The minimum absolute atomic E-state index is 0.201. The maximum absolute atomic E-state index is 13.2. The van der Waals surface area contributed by atoms with E-state index in [-0.39, 0.29) is 12.6 Å². The van der Waals surface area contributed by atoms with Crippen LogP contribution in [-0.4, -0.2) is 36.6 Å². The predicted octanol–water partition coefficient (Wildman–Crippen LogP) is 3.78. The summed E-state index contributed by atoms with van der Waals surface area (Å²) in [4.78, 5) is 24.4. The molecule has 0 radical (unpaired) electrons. The van der Waals surface area contributed by atoms with Crippen LogP contribution >= 0.6 is 0 Å². The van der Waals surface area contributed by atoms with Crippen molar-refractivity contribution in [1.82, 2.24) is 9.97 Å². The molecule has 1 saturated carbocycles. The van der Waals surface area contributed by atoms with Gasteiger partial charge in [0.25, 0.3) is 0 Å². The third-order valence-corrected chi connectivity index (χ3v) is 5.86. The second-order valence-electron chi connectivity index (χ2n) is 8.06. The van der Waals surface area contributed by atoms with E-state index in [1.54, 1.807) is 0 Å². The van der Waals surface area contributed by atoms with Crippen LogP contribution in [0.4, 0.5) is 5.82 Å². The van der Waals surface area contributed by atoms with Crippen molar-refractivity contribution in [2.45, 2.75) is 24.7 Å². The molecule has 6 heteroatoms. The first-order chi connectivity index (χ1) is 14.5. The van der Waals surface area contributed by atoms with Crippen molar-refractivity contribution in [1.29, 1.82) is 0 Å². The number of ketones is 1. The highest BCUT2D eigenvalue weighted by Crippen LogP contribution is 2.51. The smallest absolute Gasteiger partial charge is 0.231 e. The highest BCUT2D eigenvalue weighted by Gasteiger charge is 2.50. The molecule has 2 aromatic heterocycles. The summed E-state index contributed by atoms with van der Waals surface area (Å²) in [6.07, 6.45) is 3.85. The number of fused-ring (bicyclic) bond motifs is 1. The Balaban J connectivity index is 1.36. The molecule has 152 valence electrons.